The van der Waals surface area contributed by atoms with Crippen LogP contribution in [-0.2, 0) is 12.8 Å². The third-order valence-corrected chi connectivity index (χ3v) is 4.74. The van der Waals surface area contributed by atoms with Gasteiger partial charge in [-0.05, 0) is 55.5 Å². The number of hydrogen-bond acceptors (Lipinski definition) is 4. The van der Waals surface area contributed by atoms with E-state index in [-0.39, 0.29) is 5.97 Å². The Hall–Kier alpha value is -2.14. The summed E-state index contributed by atoms with van der Waals surface area (Å²) < 4.78 is 5.33. The Kier molecular flexibility index (Phi) is 3.75. The van der Waals surface area contributed by atoms with Gasteiger partial charge in [-0.1, -0.05) is 6.07 Å². The van der Waals surface area contributed by atoms with Crippen molar-refractivity contribution < 1.29 is 14.3 Å². The van der Waals surface area contributed by atoms with Gasteiger partial charge in [-0.15, -0.1) is 11.3 Å². The summed E-state index contributed by atoms with van der Waals surface area (Å²) in [7, 11) is 0. The van der Waals surface area contributed by atoms with Gasteiger partial charge in [0, 0.05) is 10.4 Å². The van der Waals surface area contributed by atoms with E-state index in [1.54, 1.807) is 18.2 Å². The number of primary amides is 1. The van der Waals surface area contributed by atoms with Gasteiger partial charge < -0.3 is 10.5 Å². The summed E-state index contributed by atoms with van der Waals surface area (Å²) in [6.07, 6.45) is 4.45. The molecule has 0 fully saturated rings. The van der Waals surface area contributed by atoms with Gasteiger partial charge in [0.05, 0.1) is 0 Å². The van der Waals surface area contributed by atoms with E-state index in [1.807, 2.05) is 6.07 Å². The number of aryl methyl sites for hydroxylation is 2. The third kappa shape index (κ3) is 2.97. The average molecular weight is 301 g/mol. The summed E-state index contributed by atoms with van der Waals surface area (Å²) in [6, 6.07) is 8.27. The summed E-state index contributed by atoms with van der Waals surface area (Å²) in [5.41, 5.74) is 6.81. The van der Waals surface area contributed by atoms with E-state index in [4.69, 9.17) is 10.5 Å². The maximum Gasteiger partial charge on any atom is 0.353 e. The first-order chi connectivity index (χ1) is 10.1. The summed E-state index contributed by atoms with van der Waals surface area (Å²) in [5.74, 6) is -0.585. The first kappa shape index (κ1) is 13.8. The number of esters is 1. The standard InChI is InChI=1S/C16H15NO3S/c17-15(18)11-5-3-6-12(8-11)20-16(19)14-9-10-4-1-2-7-13(10)21-14/h3,5-6,8-9H,1-2,4,7H2,(H2,17,18). The number of thiophene rings is 1. The van der Waals surface area contributed by atoms with E-state index in [0.29, 0.717) is 16.2 Å². The lowest BCUT2D eigenvalue weighted by Gasteiger charge is -2.08. The van der Waals surface area contributed by atoms with Crippen LogP contribution in [0.1, 0.15) is 43.3 Å². The molecule has 0 saturated carbocycles. The molecule has 1 aromatic heterocycles. The van der Waals surface area contributed by atoms with Crippen molar-refractivity contribution in [2.45, 2.75) is 25.7 Å². The van der Waals surface area contributed by atoms with E-state index < -0.39 is 5.91 Å². The highest BCUT2D eigenvalue weighted by atomic mass is 32.1. The molecular formula is C16H15NO3S. The number of hydrogen-bond donors (Lipinski definition) is 1. The van der Waals surface area contributed by atoms with Gasteiger partial charge in [-0.2, -0.15) is 0 Å². The number of amides is 1. The fourth-order valence-electron chi connectivity index (χ4n) is 2.46. The van der Waals surface area contributed by atoms with Crippen molar-refractivity contribution in [1.82, 2.24) is 0 Å². The van der Waals surface area contributed by atoms with Crippen molar-refractivity contribution >= 4 is 23.2 Å². The highest BCUT2D eigenvalue weighted by Gasteiger charge is 2.18. The lowest BCUT2D eigenvalue weighted by atomic mass is 9.99. The Morgan fingerprint density at radius 1 is 1.14 bits per heavy atom. The molecule has 3 rings (SSSR count). The first-order valence-corrected chi connectivity index (χ1v) is 7.69. The molecule has 0 bridgehead atoms. The maximum atomic E-state index is 12.2. The Morgan fingerprint density at radius 2 is 1.95 bits per heavy atom. The number of rotatable bonds is 3. The minimum Gasteiger partial charge on any atom is -0.422 e. The number of carbonyl (C=O) groups excluding carboxylic acids is 2. The number of carbonyl (C=O) groups is 2. The molecule has 1 aliphatic rings. The number of ether oxygens (including phenoxy) is 1. The first-order valence-electron chi connectivity index (χ1n) is 6.87. The molecule has 2 N–H and O–H groups in total. The van der Waals surface area contributed by atoms with Gasteiger partial charge in [0.25, 0.3) is 0 Å². The van der Waals surface area contributed by atoms with Crippen molar-refractivity contribution in [1.29, 1.82) is 0 Å². The van der Waals surface area contributed by atoms with Crippen LogP contribution in [0, 0.1) is 0 Å². The van der Waals surface area contributed by atoms with E-state index >= 15 is 0 Å². The van der Waals surface area contributed by atoms with Gasteiger partial charge in [0.1, 0.15) is 10.6 Å². The van der Waals surface area contributed by atoms with Gasteiger partial charge >= 0.3 is 5.97 Å². The summed E-state index contributed by atoms with van der Waals surface area (Å²) in [5, 5.41) is 0. The van der Waals surface area contributed by atoms with Crippen LogP contribution in [0.4, 0.5) is 0 Å². The van der Waals surface area contributed by atoms with Crippen molar-refractivity contribution in [2.24, 2.45) is 5.73 Å². The van der Waals surface area contributed by atoms with Crippen LogP contribution in [0.25, 0.3) is 0 Å². The van der Waals surface area contributed by atoms with Gasteiger partial charge in [0.2, 0.25) is 5.91 Å². The van der Waals surface area contributed by atoms with Crippen LogP contribution < -0.4 is 10.5 Å². The molecule has 0 saturated heterocycles. The normalized spacial score (nSPS) is 13.5. The Bertz CT molecular complexity index is 682. The number of benzene rings is 1. The van der Waals surface area contributed by atoms with Crippen molar-refractivity contribution in [3.63, 3.8) is 0 Å². The van der Waals surface area contributed by atoms with Gasteiger partial charge in [0.15, 0.2) is 0 Å². The Balaban J connectivity index is 1.78. The fourth-order valence-corrected chi connectivity index (χ4v) is 3.59. The van der Waals surface area contributed by atoms with E-state index in [2.05, 4.69) is 0 Å². The van der Waals surface area contributed by atoms with E-state index in [0.717, 1.165) is 12.8 Å². The zero-order valence-corrected chi connectivity index (χ0v) is 12.2. The molecule has 0 atom stereocenters. The predicted molar refractivity (Wildman–Crippen MR) is 80.9 cm³/mol. The molecule has 0 unspecified atom stereocenters. The molecule has 21 heavy (non-hydrogen) atoms. The molecule has 1 heterocycles. The monoisotopic (exact) mass is 301 g/mol. The van der Waals surface area contributed by atoms with E-state index in [1.165, 1.54) is 40.7 Å². The van der Waals surface area contributed by atoms with Crippen LogP contribution in [0.2, 0.25) is 0 Å². The van der Waals surface area contributed by atoms with Gasteiger partial charge in [-0.3, -0.25) is 4.79 Å². The molecule has 4 nitrogen and oxygen atoms in total. The molecule has 0 aliphatic heterocycles. The minimum absolute atomic E-state index is 0.325. The highest BCUT2D eigenvalue weighted by Crippen LogP contribution is 2.30. The van der Waals surface area contributed by atoms with Crippen molar-refractivity contribution in [3.05, 3.63) is 51.2 Å². The SMILES string of the molecule is NC(=O)c1cccc(OC(=O)c2cc3c(s2)CCCC3)c1. The topological polar surface area (TPSA) is 69.4 Å². The Morgan fingerprint density at radius 3 is 2.71 bits per heavy atom. The lowest BCUT2D eigenvalue weighted by molar-refractivity contribution is 0.0738. The summed E-state index contributed by atoms with van der Waals surface area (Å²) >= 11 is 1.51. The van der Waals surface area contributed by atoms with Crippen LogP contribution in [0.3, 0.4) is 0 Å². The number of nitrogens with two attached hydrogens (primary N) is 1. The molecule has 2 aromatic rings. The van der Waals surface area contributed by atoms with Gasteiger partial charge in [-0.25, -0.2) is 4.79 Å². The second-order valence-electron chi connectivity index (χ2n) is 5.05. The smallest absolute Gasteiger partial charge is 0.353 e. The zero-order valence-electron chi connectivity index (χ0n) is 11.4. The summed E-state index contributed by atoms with van der Waals surface area (Å²) in [6.45, 7) is 0. The van der Waals surface area contributed by atoms with Crippen LogP contribution in [-0.4, -0.2) is 11.9 Å². The highest BCUT2D eigenvalue weighted by molar-refractivity contribution is 7.14. The van der Waals surface area contributed by atoms with Crippen LogP contribution in [0.5, 0.6) is 5.75 Å². The largest absolute Gasteiger partial charge is 0.422 e. The molecule has 1 aromatic carbocycles. The minimum atomic E-state index is -0.542. The lowest BCUT2D eigenvalue weighted by Crippen LogP contribution is -2.12. The van der Waals surface area contributed by atoms with Crippen molar-refractivity contribution in [2.75, 3.05) is 0 Å². The number of fused-ring (bicyclic) bond motifs is 1. The molecule has 5 heteroatoms. The summed E-state index contributed by atoms with van der Waals surface area (Å²) in [4.78, 5) is 25.2. The van der Waals surface area contributed by atoms with E-state index in [9.17, 15) is 9.59 Å². The van der Waals surface area contributed by atoms with Crippen LogP contribution >= 0.6 is 11.3 Å². The molecule has 108 valence electrons. The quantitative estimate of drug-likeness (QED) is 0.700. The molecule has 1 amide bonds. The molecule has 0 spiro atoms. The third-order valence-electron chi connectivity index (χ3n) is 3.53. The molecule has 1 aliphatic carbocycles. The maximum absolute atomic E-state index is 12.2. The zero-order chi connectivity index (χ0) is 14.8. The van der Waals surface area contributed by atoms with Crippen LogP contribution in [0.15, 0.2) is 30.3 Å². The van der Waals surface area contributed by atoms with Crippen molar-refractivity contribution in [3.8, 4) is 5.75 Å². The molecule has 0 radical (unpaired) electrons. The average Bonchev–Trinajstić information content (AvgIpc) is 2.91. The molecular weight excluding hydrogens is 286 g/mol. The second kappa shape index (κ2) is 5.69. The second-order valence-corrected chi connectivity index (χ2v) is 6.18. The Labute approximate surface area is 126 Å². The fraction of sp³-hybridized carbons (Fsp3) is 0.250. The predicted octanol–water partition coefficient (Wildman–Crippen LogP) is 2.95.